The Balaban J connectivity index is 2.19. The van der Waals surface area contributed by atoms with E-state index in [4.69, 9.17) is 4.74 Å². The van der Waals surface area contributed by atoms with Gasteiger partial charge in [-0.15, -0.1) is 0 Å². The zero-order chi connectivity index (χ0) is 16.1. The largest absolute Gasteiger partial charge is 0.378 e. The molecule has 0 bridgehead atoms. The molecule has 0 spiro atoms. The van der Waals surface area contributed by atoms with Gasteiger partial charge in [0.05, 0.1) is 18.1 Å². The van der Waals surface area contributed by atoms with Gasteiger partial charge in [-0.2, -0.15) is 0 Å². The van der Waals surface area contributed by atoms with E-state index in [-0.39, 0.29) is 17.5 Å². The van der Waals surface area contributed by atoms with Gasteiger partial charge in [0.15, 0.2) is 0 Å². The summed E-state index contributed by atoms with van der Waals surface area (Å²) in [4.78, 5) is 24.6. The number of morpholine rings is 1. The summed E-state index contributed by atoms with van der Waals surface area (Å²) in [5.41, 5.74) is 1.02. The van der Waals surface area contributed by atoms with Crippen LogP contribution in [0.1, 0.15) is 20.3 Å². The van der Waals surface area contributed by atoms with Gasteiger partial charge in [-0.3, -0.25) is 14.9 Å². The van der Waals surface area contributed by atoms with Gasteiger partial charge in [-0.1, -0.05) is 13.8 Å². The van der Waals surface area contributed by atoms with E-state index in [0.717, 1.165) is 0 Å². The number of nitrogens with zero attached hydrogens (tertiary/aromatic N) is 2. The van der Waals surface area contributed by atoms with Gasteiger partial charge in [0.1, 0.15) is 5.69 Å². The monoisotopic (exact) mass is 307 g/mol. The Labute approximate surface area is 129 Å². The number of rotatable bonds is 5. The Hall–Kier alpha value is -2.15. The number of ether oxygens (including phenoxy) is 1. The van der Waals surface area contributed by atoms with Gasteiger partial charge in [0.25, 0.3) is 5.69 Å². The van der Waals surface area contributed by atoms with Crippen molar-refractivity contribution < 1.29 is 14.5 Å². The summed E-state index contributed by atoms with van der Waals surface area (Å²) in [5, 5.41) is 14.0. The van der Waals surface area contributed by atoms with Gasteiger partial charge < -0.3 is 15.0 Å². The van der Waals surface area contributed by atoms with E-state index >= 15 is 0 Å². The molecular weight excluding hydrogens is 286 g/mol. The maximum absolute atomic E-state index is 11.8. The van der Waals surface area contributed by atoms with Gasteiger partial charge in [0, 0.05) is 31.3 Å². The zero-order valence-corrected chi connectivity index (χ0v) is 12.9. The van der Waals surface area contributed by atoms with E-state index in [2.05, 4.69) is 5.32 Å². The van der Waals surface area contributed by atoms with Crippen molar-refractivity contribution in [1.82, 2.24) is 0 Å². The fourth-order valence-electron chi connectivity index (χ4n) is 2.40. The second-order valence-electron chi connectivity index (χ2n) is 5.71. The van der Waals surface area contributed by atoms with Gasteiger partial charge in [-0.25, -0.2) is 0 Å². The van der Waals surface area contributed by atoms with Crippen molar-refractivity contribution in [3.05, 3.63) is 28.3 Å². The Morgan fingerprint density at radius 2 is 2.09 bits per heavy atom. The molecular formula is C15H21N3O4. The third kappa shape index (κ3) is 4.17. The van der Waals surface area contributed by atoms with Crippen molar-refractivity contribution in [3.8, 4) is 0 Å². The molecule has 1 fully saturated rings. The van der Waals surface area contributed by atoms with Crippen LogP contribution in [0.2, 0.25) is 0 Å². The molecule has 2 rings (SSSR count). The van der Waals surface area contributed by atoms with Crippen molar-refractivity contribution in [2.75, 3.05) is 36.5 Å². The Bertz CT molecular complexity index is 554. The van der Waals surface area contributed by atoms with Crippen LogP contribution < -0.4 is 10.2 Å². The number of nitrogens with one attached hydrogen (secondary N) is 1. The summed E-state index contributed by atoms with van der Waals surface area (Å²) >= 11 is 0. The van der Waals surface area contributed by atoms with E-state index < -0.39 is 4.92 Å². The maximum atomic E-state index is 11.8. The molecule has 1 aromatic carbocycles. The molecule has 7 heteroatoms. The molecule has 22 heavy (non-hydrogen) atoms. The molecule has 0 atom stereocenters. The molecule has 7 nitrogen and oxygen atoms in total. The van der Waals surface area contributed by atoms with Crippen LogP contribution in [0.25, 0.3) is 0 Å². The minimum atomic E-state index is -0.414. The highest BCUT2D eigenvalue weighted by molar-refractivity contribution is 5.91. The third-order valence-corrected chi connectivity index (χ3v) is 3.40. The summed E-state index contributed by atoms with van der Waals surface area (Å²) in [6.45, 7) is 6.26. The van der Waals surface area contributed by atoms with E-state index in [0.29, 0.717) is 44.1 Å². The average Bonchev–Trinajstić information content (AvgIpc) is 2.47. The van der Waals surface area contributed by atoms with E-state index in [1.165, 1.54) is 6.07 Å². The standard InChI is InChI=1S/C15H21N3O4/c1-11(2)9-15(19)16-12-3-4-13(14(10-12)18(20)21)17-5-7-22-8-6-17/h3-4,10-11H,5-9H2,1-2H3,(H,16,19). The second kappa shape index (κ2) is 7.22. The molecule has 1 aromatic rings. The molecule has 120 valence electrons. The van der Waals surface area contributed by atoms with Crippen molar-refractivity contribution in [1.29, 1.82) is 0 Å². The molecule has 1 aliphatic heterocycles. The Morgan fingerprint density at radius 1 is 1.41 bits per heavy atom. The number of carbonyl (C=O) groups excluding carboxylic acids is 1. The number of nitro benzene ring substituents is 1. The number of carbonyl (C=O) groups is 1. The lowest BCUT2D eigenvalue weighted by atomic mass is 10.1. The van der Waals surface area contributed by atoms with Crippen LogP contribution in [0.5, 0.6) is 0 Å². The fraction of sp³-hybridized carbons (Fsp3) is 0.533. The maximum Gasteiger partial charge on any atom is 0.294 e. The highest BCUT2D eigenvalue weighted by atomic mass is 16.6. The van der Waals surface area contributed by atoms with Crippen LogP contribution in [0, 0.1) is 16.0 Å². The minimum absolute atomic E-state index is 0.00393. The number of hydrogen-bond donors (Lipinski definition) is 1. The normalized spacial score (nSPS) is 15.0. The Kier molecular flexibility index (Phi) is 5.32. The van der Waals surface area contributed by atoms with Crippen LogP contribution in [-0.4, -0.2) is 37.1 Å². The van der Waals surface area contributed by atoms with E-state index in [1.807, 2.05) is 18.7 Å². The SMILES string of the molecule is CC(C)CC(=O)Nc1ccc(N2CCOCC2)c([N+](=O)[O-])c1. The predicted octanol–water partition coefficient (Wildman–Crippen LogP) is 2.42. The summed E-state index contributed by atoms with van der Waals surface area (Å²) < 4.78 is 5.27. The topological polar surface area (TPSA) is 84.7 Å². The average molecular weight is 307 g/mol. The van der Waals surface area contributed by atoms with Crippen LogP contribution in [0.15, 0.2) is 18.2 Å². The van der Waals surface area contributed by atoms with E-state index in [1.54, 1.807) is 12.1 Å². The summed E-state index contributed by atoms with van der Waals surface area (Å²) in [6.07, 6.45) is 0.388. The molecule has 0 aromatic heterocycles. The number of anilines is 2. The molecule has 0 unspecified atom stereocenters. The van der Waals surface area contributed by atoms with Crippen LogP contribution in [0.3, 0.4) is 0 Å². The first-order valence-corrected chi connectivity index (χ1v) is 7.38. The molecule has 1 amide bonds. The summed E-state index contributed by atoms with van der Waals surface area (Å²) in [6, 6.07) is 4.81. The van der Waals surface area contributed by atoms with Crippen LogP contribution >= 0.6 is 0 Å². The second-order valence-corrected chi connectivity index (χ2v) is 5.71. The third-order valence-electron chi connectivity index (χ3n) is 3.40. The lowest BCUT2D eigenvalue weighted by Gasteiger charge is -2.28. The van der Waals surface area contributed by atoms with Crippen molar-refractivity contribution in [2.24, 2.45) is 5.92 Å². The number of hydrogen-bond acceptors (Lipinski definition) is 5. The van der Waals surface area contributed by atoms with Crippen molar-refractivity contribution in [2.45, 2.75) is 20.3 Å². The van der Waals surface area contributed by atoms with E-state index in [9.17, 15) is 14.9 Å². The highest BCUT2D eigenvalue weighted by Gasteiger charge is 2.22. The molecule has 1 aliphatic rings. The number of amides is 1. The predicted molar refractivity (Wildman–Crippen MR) is 84.2 cm³/mol. The first-order valence-electron chi connectivity index (χ1n) is 7.38. The summed E-state index contributed by atoms with van der Waals surface area (Å²) in [7, 11) is 0. The number of nitro groups is 1. The molecule has 1 N–H and O–H groups in total. The lowest BCUT2D eigenvalue weighted by Crippen LogP contribution is -2.36. The Morgan fingerprint density at radius 3 is 2.68 bits per heavy atom. The van der Waals surface area contributed by atoms with Crippen molar-refractivity contribution >= 4 is 23.0 Å². The van der Waals surface area contributed by atoms with Crippen molar-refractivity contribution in [3.63, 3.8) is 0 Å². The first-order chi connectivity index (χ1) is 10.5. The fourth-order valence-corrected chi connectivity index (χ4v) is 2.40. The zero-order valence-electron chi connectivity index (χ0n) is 12.9. The first kappa shape index (κ1) is 16.2. The molecule has 1 saturated heterocycles. The van der Waals surface area contributed by atoms with Gasteiger partial charge in [0.2, 0.25) is 5.91 Å². The molecule has 1 heterocycles. The van der Waals surface area contributed by atoms with Gasteiger partial charge in [-0.05, 0) is 18.1 Å². The quantitative estimate of drug-likeness (QED) is 0.667. The van der Waals surface area contributed by atoms with Crippen LogP contribution in [0.4, 0.5) is 17.1 Å². The lowest BCUT2D eigenvalue weighted by molar-refractivity contribution is -0.384. The van der Waals surface area contributed by atoms with Crippen LogP contribution in [-0.2, 0) is 9.53 Å². The number of benzene rings is 1. The smallest absolute Gasteiger partial charge is 0.294 e. The molecule has 0 aliphatic carbocycles. The molecule has 0 radical (unpaired) electrons. The van der Waals surface area contributed by atoms with Gasteiger partial charge >= 0.3 is 0 Å². The highest BCUT2D eigenvalue weighted by Crippen LogP contribution is 2.31. The summed E-state index contributed by atoms with van der Waals surface area (Å²) in [5.74, 6) is 0.103. The molecule has 0 saturated carbocycles. The minimum Gasteiger partial charge on any atom is -0.378 e.